The number of likely N-dealkylation sites (N-methyl/N-ethyl adjacent to an activating group) is 1. The van der Waals surface area contributed by atoms with Crippen molar-refractivity contribution >= 4 is 11.9 Å². The second kappa shape index (κ2) is 6.76. The maximum atomic E-state index is 12.1. The Morgan fingerprint density at radius 1 is 1.22 bits per heavy atom. The van der Waals surface area contributed by atoms with Gasteiger partial charge in [-0.1, -0.05) is 18.2 Å². The lowest BCUT2D eigenvalue weighted by Gasteiger charge is -2.25. The average Bonchev–Trinajstić information content (AvgIpc) is 2.43. The average molecular weight is 251 g/mol. The molecule has 5 nitrogen and oxygen atoms in total. The summed E-state index contributed by atoms with van der Waals surface area (Å²) in [6.07, 6.45) is 0. The monoisotopic (exact) mass is 251 g/mol. The molecule has 5 heteroatoms. The molecule has 1 atom stereocenters. The molecule has 1 amide bonds. The standard InChI is InChI=1S/C13H17NO4/c1-14(11(9-17-2)13(16)18-3)12(15)10-7-5-4-6-8-10/h4-8,11H,9H2,1-3H3. The number of ether oxygens (including phenoxy) is 2. The zero-order valence-corrected chi connectivity index (χ0v) is 10.8. The molecule has 1 rings (SSSR count). The minimum atomic E-state index is -0.743. The summed E-state index contributed by atoms with van der Waals surface area (Å²) in [5.74, 6) is -0.744. The minimum absolute atomic E-state index is 0.0990. The summed E-state index contributed by atoms with van der Waals surface area (Å²) in [6.45, 7) is 0.0990. The van der Waals surface area contributed by atoms with Crippen molar-refractivity contribution in [2.45, 2.75) is 6.04 Å². The molecule has 0 spiro atoms. The van der Waals surface area contributed by atoms with E-state index in [-0.39, 0.29) is 12.5 Å². The Hall–Kier alpha value is -1.88. The molecular weight excluding hydrogens is 234 g/mol. The van der Waals surface area contributed by atoms with Crippen molar-refractivity contribution in [3.05, 3.63) is 35.9 Å². The summed E-state index contributed by atoms with van der Waals surface area (Å²) in [4.78, 5) is 25.1. The molecule has 1 aromatic carbocycles. The van der Waals surface area contributed by atoms with Gasteiger partial charge in [0.05, 0.1) is 13.7 Å². The van der Waals surface area contributed by atoms with Gasteiger partial charge in [-0.15, -0.1) is 0 Å². The zero-order valence-electron chi connectivity index (χ0n) is 10.8. The summed E-state index contributed by atoms with van der Waals surface area (Å²) in [7, 11) is 4.30. The van der Waals surface area contributed by atoms with Gasteiger partial charge in [0.15, 0.2) is 6.04 Å². The van der Waals surface area contributed by atoms with Crippen LogP contribution in [0.4, 0.5) is 0 Å². The van der Waals surface area contributed by atoms with Crippen LogP contribution in [0, 0.1) is 0 Å². The van der Waals surface area contributed by atoms with Gasteiger partial charge < -0.3 is 14.4 Å². The first-order valence-corrected chi connectivity index (χ1v) is 5.50. The summed E-state index contributed by atoms with van der Waals surface area (Å²) in [6, 6.07) is 8.01. The molecule has 0 saturated carbocycles. The molecule has 98 valence electrons. The fourth-order valence-electron chi connectivity index (χ4n) is 1.56. The normalized spacial score (nSPS) is 11.7. The Morgan fingerprint density at radius 3 is 2.33 bits per heavy atom. The van der Waals surface area contributed by atoms with Crippen molar-refractivity contribution in [2.75, 3.05) is 27.9 Å². The van der Waals surface area contributed by atoms with Crippen LogP contribution in [-0.2, 0) is 14.3 Å². The van der Waals surface area contributed by atoms with E-state index >= 15 is 0 Å². The van der Waals surface area contributed by atoms with E-state index in [9.17, 15) is 9.59 Å². The topological polar surface area (TPSA) is 55.8 Å². The molecule has 0 aromatic heterocycles. The van der Waals surface area contributed by atoms with Crippen molar-refractivity contribution in [3.63, 3.8) is 0 Å². The second-order valence-corrected chi connectivity index (χ2v) is 3.78. The Bertz CT molecular complexity index is 405. The van der Waals surface area contributed by atoms with E-state index in [1.807, 2.05) is 6.07 Å². The molecule has 18 heavy (non-hydrogen) atoms. The van der Waals surface area contributed by atoms with Crippen molar-refractivity contribution < 1.29 is 19.1 Å². The fraction of sp³-hybridized carbons (Fsp3) is 0.385. The van der Waals surface area contributed by atoms with E-state index in [0.29, 0.717) is 5.56 Å². The number of methoxy groups -OCH3 is 2. The SMILES string of the molecule is COCC(C(=O)OC)N(C)C(=O)c1ccccc1. The van der Waals surface area contributed by atoms with E-state index in [2.05, 4.69) is 4.74 Å². The number of amides is 1. The van der Waals surface area contributed by atoms with Gasteiger partial charge in [0, 0.05) is 19.7 Å². The number of nitrogens with zero attached hydrogens (tertiary/aromatic N) is 1. The van der Waals surface area contributed by atoms with Crippen molar-refractivity contribution in [3.8, 4) is 0 Å². The van der Waals surface area contributed by atoms with Crippen LogP contribution in [0.5, 0.6) is 0 Å². The summed E-state index contributed by atoms with van der Waals surface area (Å²) >= 11 is 0. The van der Waals surface area contributed by atoms with Gasteiger partial charge in [0.1, 0.15) is 0 Å². The lowest BCUT2D eigenvalue weighted by molar-refractivity contribution is -0.147. The predicted molar refractivity (Wildman–Crippen MR) is 66.2 cm³/mol. The van der Waals surface area contributed by atoms with Gasteiger partial charge in [-0.05, 0) is 12.1 Å². The lowest BCUT2D eigenvalue weighted by atomic mass is 10.1. The molecule has 0 fully saturated rings. The molecular formula is C13H17NO4. The third kappa shape index (κ3) is 3.30. The Labute approximate surface area is 106 Å². The smallest absolute Gasteiger partial charge is 0.331 e. The van der Waals surface area contributed by atoms with Crippen LogP contribution < -0.4 is 0 Å². The quantitative estimate of drug-likeness (QED) is 0.731. The summed E-state index contributed by atoms with van der Waals surface area (Å²) < 4.78 is 9.60. The van der Waals surface area contributed by atoms with Crippen molar-refractivity contribution in [1.82, 2.24) is 4.90 Å². The first kappa shape index (κ1) is 14.2. The van der Waals surface area contributed by atoms with E-state index in [0.717, 1.165) is 0 Å². The van der Waals surface area contributed by atoms with Crippen molar-refractivity contribution in [1.29, 1.82) is 0 Å². The maximum Gasteiger partial charge on any atom is 0.331 e. The van der Waals surface area contributed by atoms with Gasteiger partial charge >= 0.3 is 5.97 Å². The van der Waals surface area contributed by atoms with Gasteiger partial charge in [0.25, 0.3) is 5.91 Å². The summed E-state index contributed by atoms with van der Waals surface area (Å²) in [5.41, 5.74) is 0.519. The van der Waals surface area contributed by atoms with Gasteiger partial charge in [0.2, 0.25) is 0 Å². The highest BCUT2D eigenvalue weighted by molar-refractivity contribution is 5.96. The van der Waals surface area contributed by atoms with Gasteiger partial charge in [-0.3, -0.25) is 4.79 Å². The van der Waals surface area contributed by atoms with Crippen molar-refractivity contribution in [2.24, 2.45) is 0 Å². The van der Waals surface area contributed by atoms with Crippen LogP contribution in [0.25, 0.3) is 0 Å². The predicted octanol–water partition coefficient (Wildman–Crippen LogP) is 0.947. The largest absolute Gasteiger partial charge is 0.467 e. The number of hydrogen-bond donors (Lipinski definition) is 0. The number of carbonyl (C=O) groups excluding carboxylic acids is 2. The van der Waals surface area contributed by atoms with Crippen LogP contribution in [0.2, 0.25) is 0 Å². The van der Waals surface area contributed by atoms with E-state index in [4.69, 9.17) is 4.74 Å². The molecule has 1 aromatic rings. The number of carbonyl (C=O) groups is 2. The molecule has 0 saturated heterocycles. The van der Waals surface area contributed by atoms with Crippen LogP contribution >= 0.6 is 0 Å². The first-order valence-electron chi connectivity index (χ1n) is 5.50. The molecule has 0 aliphatic carbocycles. The number of hydrogen-bond acceptors (Lipinski definition) is 4. The third-order valence-corrected chi connectivity index (χ3v) is 2.61. The number of benzene rings is 1. The summed E-state index contributed by atoms with van der Waals surface area (Å²) in [5, 5.41) is 0. The zero-order chi connectivity index (χ0) is 13.5. The molecule has 0 aliphatic rings. The van der Waals surface area contributed by atoms with E-state index < -0.39 is 12.0 Å². The Balaban J connectivity index is 2.86. The maximum absolute atomic E-state index is 12.1. The number of rotatable bonds is 5. The lowest BCUT2D eigenvalue weighted by Crippen LogP contribution is -2.45. The molecule has 0 N–H and O–H groups in total. The molecule has 0 bridgehead atoms. The van der Waals surface area contributed by atoms with E-state index in [1.165, 1.54) is 19.1 Å². The Kier molecular flexibility index (Phi) is 5.32. The van der Waals surface area contributed by atoms with Gasteiger partial charge in [-0.2, -0.15) is 0 Å². The minimum Gasteiger partial charge on any atom is -0.467 e. The van der Waals surface area contributed by atoms with Crippen LogP contribution in [0.15, 0.2) is 30.3 Å². The fourth-order valence-corrected chi connectivity index (χ4v) is 1.56. The molecule has 0 aliphatic heterocycles. The van der Waals surface area contributed by atoms with Crippen LogP contribution in [0.1, 0.15) is 10.4 Å². The molecule has 0 heterocycles. The number of esters is 1. The highest BCUT2D eigenvalue weighted by atomic mass is 16.5. The third-order valence-electron chi connectivity index (χ3n) is 2.61. The molecule has 1 unspecified atom stereocenters. The van der Waals surface area contributed by atoms with E-state index in [1.54, 1.807) is 31.3 Å². The Morgan fingerprint density at radius 2 is 1.83 bits per heavy atom. The van der Waals surface area contributed by atoms with Crippen LogP contribution in [-0.4, -0.2) is 50.7 Å². The molecule has 0 radical (unpaired) electrons. The van der Waals surface area contributed by atoms with Gasteiger partial charge in [-0.25, -0.2) is 4.79 Å². The highest BCUT2D eigenvalue weighted by Crippen LogP contribution is 2.08. The highest BCUT2D eigenvalue weighted by Gasteiger charge is 2.28. The first-order chi connectivity index (χ1) is 8.61. The van der Waals surface area contributed by atoms with Crippen LogP contribution in [0.3, 0.4) is 0 Å². The second-order valence-electron chi connectivity index (χ2n) is 3.78.